The zero-order valence-electron chi connectivity index (χ0n) is 7.00. The lowest BCUT2D eigenvalue weighted by atomic mass is 10.1. The molecule has 0 bridgehead atoms. The number of primary amides is 1. The lowest BCUT2D eigenvalue weighted by Crippen LogP contribution is -2.13. The van der Waals surface area contributed by atoms with Crippen molar-refractivity contribution in [2.45, 2.75) is 0 Å². The Morgan fingerprint density at radius 2 is 2.15 bits per heavy atom. The highest BCUT2D eigenvalue weighted by atomic mass is 35.5. The van der Waals surface area contributed by atoms with E-state index < -0.39 is 5.91 Å². The van der Waals surface area contributed by atoms with Crippen LogP contribution in [0.1, 0.15) is 10.4 Å². The first-order chi connectivity index (χ1) is 6.07. The molecule has 0 unspecified atom stereocenters. The Kier molecular flexibility index (Phi) is 2.63. The van der Waals surface area contributed by atoms with Gasteiger partial charge in [0.1, 0.15) is 5.02 Å². The van der Waals surface area contributed by atoms with Crippen LogP contribution in [0.3, 0.4) is 0 Å². The smallest absolute Gasteiger partial charge is 0.252 e. The maximum Gasteiger partial charge on any atom is 0.252 e. The summed E-state index contributed by atoms with van der Waals surface area (Å²) in [7, 11) is 1.40. The largest absolute Gasteiger partial charge is 0.494 e. The van der Waals surface area contributed by atoms with Crippen molar-refractivity contribution < 1.29 is 9.53 Å². The van der Waals surface area contributed by atoms with E-state index in [1.165, 1.54) is 19.2 Å². The predicted octanol–water partition coefficient (Wildman–Crippen LogP) is 1.03. The topological polar surface area (TPSA) is 78.3 Å². The van der Waals surface area contributed by atoms with Crippen LogP contribution < -0.4 is 16.2 Å². The highest BCUT2D eigenvalue weighted by Gasteiger charge is 2.14. The van der Waals surface area contributed by atoms with Gasteiger partial charge >= 0.3 is 0 Å². The van der Waals surface area contributed by atoms with E-state index in [4.69, 9.17) is 27.8 Å². The zero-order valence-corrected chi connectivity index (χ0v) is 7.76. The number of methoxy groups -OCH3 is 1. The summed E-state index contributed by atoms with van der Waals surface area (Å²) in [5, 5.41) is 0.207. The molecule has 1 aromatic rings. The number of carbonyl (C=O) groups is 1. The molecule has 0 spiro atoms. The molecule has 13 heavy (non-hydrogen) atoms. The molecule has 5 heteroatoms. The Morgan fingerprint density at radius 3 is 2.62 bits per heavy atom. The molecular weight excluding hydrogens is 192 g/mol. The summed E-state index contributed by atoms with van der Waals surface area (Å²) in [6.45, 7) is 0. The number of amides is 1. The average molecular weight is 201 g/mol. The minimum Gasteiger partial charge on any atom is -0.494 e. The maximum atomic E-state index is 10.9. The van der Waals surface area contributed by atoms with Crippen molar-refractivity contribution in [1.82, 2.24) is 0 Å². The van der Waals surface area contributed by atoms with Crippen LogP contribution in [0, 0.1) is 0 Å². The molecule has 0 radical (unpaired) electrons. The van der Waals surface area contributed by atoms with Gasteiger partial charge in [-0.3, -0.25) is 4.79 Å². The molecule has 0 atom stereocenters. The molecule has 0 aliphatic heterocycles. The molecule has 0 aliphatic carbocycles. The summed E-state index contributed by atoms with van der Waals surface area (Å²) in [5.74, 6) is -0.382. The molecule has 0 heterocycles. The van der Waals surface area contributed by atoms with Crippen molar-refractivity contribution in [2.24, 2.45) is 5.73 Å². The fourth-order valence-corrected chi connectivity index (χ4v) is 1.21. The minimum absolute atomic E-state index is 0.207. The van der Waals surface area contributed by atoms with E-state index in [2.05, 4.69) is 0 Å². The highest BCUT2D eigenvalue weighted by molar-refractivity contribution is 6.35. The van der Waals surface area contributed by atoms with E-state index in [1.807, 2.05) is 0 Å². The Balaban J connectivity index is 3.38. The van der Waals surface area contributed by atoms with Crippen molar-refractivity contribution in [3.05, 3.63) is 22.7 Å². The van der Waals surface area contributed by atoms with Crippen molar-refractivity contribution in [1.29, 1.82) is 0 Å². The van der Waals surface area contributed by atoms with Crippen LogP contribution in [0.4, 0.5) is 5.69 Å². The molecule has 0 aliphatic rings. The third kappa shape index (κ3) is 1.67. The van der Waals surface area contributed by atoms with E-state index in [9.17, 15) is 4.79 Å². The molecule has 1 amide bonds. The van der Waals surface area contributed by atoms with Crippen molar-refractivity contribution in [2.75, 3.05) is 12.8 Å². The average Bonchev–Trinajstić information content (AvgIpc) is 2.09. The van der Waals surface area contributed by atoms with Gasteiger partial charge < -0.3 is 16.2 Å². The number of rotatable bonds is 2. The van der Waals surface area contributed by atoms with Crippen LogP contribution in [0.15, 0.2) is 12.1 Å². The van der Waals surface area contributed by atoms with E-state index in [1.54, 1.807) is 0 Å². The molecular formula is C8H9ClN2O2. The van der Waals surface area contributed by atoms with Crippen LogP contribution in [-0.4, -0.2) is 13.0 Å². The lowest BCUT2D eigenvalue weighted by Gasteiger charge is -2.08. The summed E-state index contributed by atoms with van der Waals surface area (Å²) >= 11 is 5.78. The number of benzene rings is 1. The SMILES string of the molecule is COc1c(C(N)=O)ccc(N)c1Cl. The fraction of sp³-hybridized carbons (Fsp3) is 0.125. The first kappa shape index (κ1) is 9.67. The molecule has 1 rings (SSSR count). The zero-order chi connectivity index (χ0) is 10.0. The van der Waals surface area contributed by atoms with Crippen LogP contribution in [0.5, 0.6) is 5.75 Å². The van der Waals surface area contributed by atoms with Crippen LogP contribution in [-0.2, 0) is 0 Å². The predicted molar refractivity (Wildman–Crippen MR) is 50.9 cm³/mol. The standard InChI is InChI=1S/C8H9ClN2O2/c1-13-7-4(8(11)12)2-3-5(10)6(7)9/h2-3H,10H2,1H3,(H2,11,12). The highest BCUT2D eigenvalue weighted by Crippen LogP contribution is 2.33. The molecule has 1 aromatic carbocycles. The number of nitrogens with two attached hydrogens (primary N) is 2. The van der Waals surface area contributed by atoms with Gasteiger partial charge in [0.25, 0.3) is 5.91 Å². The van der Waals surface area contributed by atoms with E-state index in [0.717, 1.165) is 0 Å². The van der Waals surface area contributed by atoms with E-state index in [-0.39, 0.29) is 16.3 Å². The quantitative estimate of drug-likeness (QED) is 0.700. The van der Waals surface area contributed by atoms with Gasteiger partial charge in [0, 0.05) is 0 Å². The van der Waals surface area contributed by atoms with Gasteiger partial charge in [-0.15, -0.1) is 0 Å². The summed E-state index contributed by atoms with van der Waals surface area (Å²) in [6, 6.07) is 2.98. The van der Waals surface area contributed by atoms with Gasteiger partial charge in [-0.2, -0.15) is 0 Å². The lowest BCUT2D eigenvalue weighted by molar-refractivity contribution is 0.0997. The number of hydrogen-bond donors (Lipinski definition) is 2. The monoisotopic (exact) mass is 200 g/mol. The van der Waals surface area contributed by atoms with E-state index >= 15 is 0 Å². The van der Waals surface area contributed by atoms with Crippen molar-refractivity contribution in [3.63, 3.8) is 0 Å². The Hall–Kier alpha value is -1.42. The third-order valence-corrected chi connectivity index (χ3v) is 1.99. The molecule has 70 valence electrons. The van der Waals surface area contributed by atoms with Crippen molar-refractivity contribution >= 4 is 23.2 Å². The second-order valence-corrected chi connectivity index (χ2v) is 2.79. The number of carbonyl (C=O) groups excluding carboxylic acids is 1. The van der Waals surface area contributed by atoms with Crippen LogP contribution in [0.25, 0.3) is 0 Å². The summed E-state index contributed by atoms with van der Waals surface area (Å²) in [6.07, 6.45) is 0. The van der Waals surface area contributed by atoms with Gasteiger partial charge in [-0.05, 0) is 12.1 Å². The van der Waals surface area contributed by atoms with Gasteiger partial charge in [0.05, 0.1) is 18.4 Å². The summed E-state index contributed by atoms with van der Waals surface area (Å²) in [5.41, 5.74) is 11.2. The van der Waals surface area contributed by atoms with Crippen LogP contribution >= 0.6 is 11.6 Å². The van der Waals surface area contributed by atoms with Gasteiger partial charge in [0.2, 0.25) is 0 Å². The Bertz CT molecular complexity index is 352. The number of ether oxygens (including phenoxy) is 1. The molecule has 0 saturated heterocycles. The summed E-state index contributed by atoms with van der Waals surface area (Å²) in [4.78, 5) is 10.9. The molecule has 0 fully saturated rings. The van der Waals surface area contributed by atoms with Crippen LogP contribution in [0.2, 0.25) is 5.02 Å². The Labute approximate surface area is 80.4 Å². The number of anilines is 1. The second kappa shape index (κ2) is 3.53. The molecule has 0 aromatic heterocycles. The van der Waals surface area contributed by atoms with Gasteiger partial charge in [-0.1, -0.05) is 11.6 Å². The number of halogens is 1. The minimum atomic E-state index is -0.598. The molecule has 4 N–H and O–H groups in total. The third-order valence-electron chi connectivity index (χ3n) is 1.60. The fourth-order valence-electron chi connectivity index (χ4n) is 0.965. The first-order valence-corrected chi connectivity index (χ1v) is 3.87. The van der Waals surface area contributed by atoms with E-state index in [0.29, 0.717) is 5.69 Å². The van der Waals surface area contributed by atoms with Gasteiger partial charge in [-0.25, -0.2) is 0 Å². The molecule has 0 saturated carbocycles. The maximum absolute atomic E-state index is 10.9. The number of nitrogen functional groups attached to an aromatic ring is 1. The first-order valence-electron chi connectivity index (χ1n) is 3.49. The normalized spacial score (nSPS) is 9.69. The molecule has 4 nitrogen and oxygen atoms in total. The van der Waals surface area contributed by atoms with Crippen molar-refractivity contribution in [3.8, 4) is 5.75 Å². The number of hydrogen-bond acceptors (Lipinski definition) is 3. The van der Waals surface area contributed by atoms with Gasteiger partial charge in [0.15, 0.2) is 5.75 Å². The Morgan fingerprint density at radius 1 is 1.54 bits per heavy atom. The second-order valence-electron chi connectivity index (χ2n) is 2.41. The summed E-state index contributed by atoms with van der Waals surface area (Å²) < 4.78 is 4.91.